The van der Waals surface area contributed by atoms with Gasteiger partial charge in [-0.25, -0.2) is 0 Å². The zero-order valence-corrected chi connectivity index (χ0v) is 17.9. The molecule has 26 heavy (non-hydrogen) atoms. The molecule has 0 saturated heterocycles. The van der Waals surface area contributed by atoms with Crippen LogP contribution in [0.5, 0.6) is 0 Å². The summed E-state index contributed by atoms with van der Waals surface area (Å²) >= 11 is 0. The van der Waals surface area contributed by atoms with Crippen molar-refractivity contribution >= 4 is 12.8 Å². The topological polar surface area (TPSA) is 58.2 Å². The smallest absolute Gasteiger partial charge is 0.207 e. The van der Waals surface area contributed by atoms with Crippen LogP contribution >= 0.6 is 0 Å². The largest absolute Gasteiger partial charge is 0.353 e. The highest BCUT2D eigenvalue weighted by Gasteiger charge is 2.34. The third-order valence-electron chi connectivity index (χ3n) is 5.85. The number of hydrogen-bond donors (Lipinski definition) is 2. The first-order valence-corrected chi connectivity index (χ1v) is 11.0. The molecule has 0 aliphatic rings. The Morgan fingerprint density at radius 3 is 1.00 bits per heavy atom. The van der Waals surface area contributed by atoms with Crippen LogP contribution in [0.15, 0.2) is 0 Å². The van der Waals surface area contributed by atoms with Gasteiger partial charge in [-0.3, -0.25) is 9.59 Å². The summed E-state index contributed by atoms with van der Waals surface area (Å²) in [5, 5.41) is 6.39. The van der Waals surface area contributed by atoms with Gasteiger partial charge >= 0.3 is 0 Å². The van der Waals surface area contributed by atoms with E-state index in [1.807, 2.05) is 0 Å². The number of carbonyl (C=O) groups excluding carboxylic acids is 2. The van der Waals surface area contributed by atoms with Gasteiger partial charge in [-0.05, 0) is 38.5 Å². The van der Waals surface area contributed by atoms with Gasteiger partial charge in [-0.2, -0.15) is 0 Å². The lowest BCUT2D eigenvalue weighted by atomic mass is 9.76. The van der Waals surface area contributed by atoms with Crippen LogP contribution in [0.2, 0.25) is 0 Å². The van der Waals surface area contributed by atoms with Gasteiger partial charge in [0.15, 0.2) is 0 Å². The molecule has 0 aromatic heterocycles. The van der Waals surface area contributed by atoms with Gasteiger partial charge in [0.25, 0.3) is 0 Å². The number of amides is 2. The maximum atomic E-state index is 11.4. The highest BCUT2D eigenvalue weighted by molar-refractivity contribution is 5.48. The molecule has 0 radical (unpaired) electrons. The first-order chi connectivity index (χ1) is 12.6. The van der Waals surface area contributed by atoms with Crippen molar-refractivity contribution in [2.24, 2.45) is 0 Å². The van der Waals surface area contributed by atoms with E-state index < -0.39 is 0 Å². The van der Waals surface area contributed by atoms with E-state index in [0.717, 1.165) is 103 Å². The van der Waals surface area contributed by atoms with Gasteiger partial charge in [0.2, 0.25) is 12.8 Å². The van der Waals surface area contributed by atoms with Crippen LogP contribution in [0.4, 0.5) is 0 Å². The molecule has 0 unspecified atom stereocenters. The lowest BCUT2D eigenvalue weighted by Gasteiger charge is -2.40. The fraction of sp³-hybridized carbons (Fsp3) is 0.909. The first kappa shape index (κ1) is 24.9. The minimum atomic E-state index is -0.123. The standard InChI is InChI=1S/C22H44N2O2/c1-5-9-13-21(23-19-25,14-10-6-2)17-18-22(24-20-26,15-11-7-3)16-12-8-4/h19-20H,5-18H2,1-4H3,(H,23,25)(H,24,26). The Kier molecular flexibility index (Phi) is 14.4. The predicted octanol–water partition coefficient (Wildman–Crippen LogP) is 5.50. The van der Waals surface area contributed by atoms with Crippen LogP contribution in [-0.2, 0) is 9.59 Å². The minimum Gasteiger partial charge on any atom is -0.353 e. The summed E-state index contributed by atoms with van der Waals surface area (Å²) < 4.78 is 0. The van der Waals surface area contributed by atoms with Gasteiger partial charge in [0.1, 0.15) is 0 Å². The molecule has 2 N–H and O–H groups in total. The normalized spacial score (nSPS) is 12.0. The predicted molar refractivity (Wildman–Crippen MR) is 111 cm³/mol. The molecule has 0 aromatic carbocycles. The summed E-state index contributed by atoms with van der Waals surface area (Å²) in [5.74, 6) is 0. The number of carbonyl (C=O) groups is 2. The highest BCUT2D eigenvalue weighted by Crippen LogP contribution is 2.33. The van der Waals surface area contributed by atoms with E-state index in [2.05, 4.69) is 38.3 Å². The van der Waals surface area contributed by atoms with E-state index in [0.29, 0.717) is 0 Å². The molecule has 154 valence electrons. The van der Waals surface area contributed by atoms with Crippen molar-refractivity contribution in [3.8, 4) is 0 Å². The van der Waals surface area contributed by atoms with Gasteiger partial charge in [-0.15, -0.1) is 0 Å². The van der Waals surface area contributed by atoms with E-state index in [-0.39, 0.29) is 11.1 Å². The molecule has 0 aliphatic heterocycles. The lowest BCUT2D eigenvalue weighted by molar-refractivity contribution is -0.113. The van der Waals surface area contributed by atoms with Crippen LogP contribution < -0.4 is 10.6 Å². The molecule has 0 aromatic rings. The van der Waals surface area contributed by atoms with E-state index in [1.165, 1.54) is 0 Å². The fourth-order valence-electron chi connectivity index (χ4n) is 3.97. The van der Waals surface area contributed by atoms with Crippen LogP contribution in [0.25, 0.3) is 0 Å². The molecule has 0 bridgehead atoms. The van der Waals surface area contributed by atoms with Crippen molar-refractivity contribution in [3.63, 3.8) is 0 Å². The average molecular weight is 369 g/mol. The van der Waals surface area contributed by atoms with Crippen molar-refractivity contribution in [1.82, 2.24) is 10.6 Å². The second kappa shape index (κ2) is 15.0. The van der Waals surface area contributed by atoms with Gasteiger partial charge in [0.05, 0.1) is 0 Å². The molecule has 4 nitrogen and oxygen atoms in total. The molecule has 2 amide bonds. The second-order valence-corrected chi connectivity index (χ2v) is 8.00. The minimum absolute atomic E-state index is 0.123. The maximum Gasteiger partial charge on any atom is 0.207 e. The lowest BCUT2D eigenvalue weighted by Crippen LogP contribution is -2.50. The van der Waals surface area contributed by atoms with Crippen molar-refractivity contribution in [2.45, 2.75) is 129 Å². The van der Waals surface area contributed by atoms with Crippen molar-refractivity contribution in [3.05, 3.63) is 0 Å². The highest BCUT2D eigenvalue weighted by atomic mass is 16.1. The summed E-state index contributed by atoms with van der Waals surface area (Å²) in [6, 6.07) is 0. The summed E-state index contributed by atoms with van der Waals surface area (Å²) in [5.41, 5.74) is -0.246. The maximum absolute atomic E-state index is 11.4. The van der Waals surface area contributed by atoms with Crippen LogP contribution in [0, 0.1) is 0 Å². The Morgan fingerprint density at radius 2 is 0.808 bits per heavy atom. The van der Waals surface area contributed by atoms with Crippen LogP contribution in [0.1, 0.15) is 118 Å². The van der Waals surface area contributed by atoms with Crippen LogP contribution in [0.3, 0.4) is 0 Å². The van der Waals surface area contributed by atoms with Crippen molar-refractivity contribution in [1.29, 1.82) is 0 Å². The average Bonchev–Trinajstić information content (AvgIpc) is 2.66. The van der Waals surface area contributed by atoms with E-state index in [9.17, 15) is 9.59 Å². The van der Waals surface area contributed by atoms with E-state index in [4.69, 9.17) is 0 Å². The van der Waals surface area contributed by atoms with Crippen LogP contribution in [-0.4, -0.2) is 23.9 Å². The zero-order valence-electron chi connectivity index (χ0n) is 17.9. The Bertz CT molecular complexity index is 308. The molecular formula is C22H44N2O2. The quantitative estimate of drug-likeness (QED) is 0.296. The third-order valence-corrected chi connectivity index (χ3v) is 5.85. The molecule has 0 saturated carbocycles. The molecule has 0 heterocycles. The Balaban J connectivity index is 5.33. The fourth-order valence-corrected chi connectivity index (χ4v) is 3.97. The van der Waals surface area contributed by atoms with E-state index in [1.54, 1.807) is 0 Å². The molecule has 0 fully saturated rings. The van der Waals surface area contributed by atoms with E-state index >= 15 is 0 Å². The summed E-state index contributed by atoms with van der Waals surface area (Å²) in [7, 11) is 0. The second-order valence-electron chi connectivity index (χ2n) is 8.00. The Hall–Kier alpha value is -1.06. The Morgan fingerprint density at radius 1 is 0.538 bits per heavy atom. The monoisotopic (exact) mass is 368 g/mol. The molecule has 0 rings (SSSR count). The third kappa shape index (κ3) is 9.59. The number of unbranched alkanes of at least 4 members (excludes halogenated alkanes) is 4. The molecule has 0 spiro atoms. The summed E-state index contributed by atoms with van der Waals surface area (Å²) in [6.45, 7) is 8.80. The Labute approximate surface area is 162 Å². The SMILES string of the molecule is CCCCC(CCCC)(CCC(CCCC)(CCCC)NC=O)NC=O. The number of rotatable bonds is 19. The van der Waals surface area contributed by atoms with Gasteiger partial charge in [0, 0.05) is 11.1 Å². The van der Waals surface area contributed by atoms with Gasteiger partial charge < -0.3 is 10.6 Å². The summed E-state index contributed by atoms with van der Waals surface area (Å²) in [6.07, 6.45) is 16.8. The summed E-state index contributed by atoms with van der Waals surface area (Å²) in [4.78, 5) is 22.7. The first-order valence-electron chi connectivity index (χ1n) is 11.0. The van der Waals surface area contributed by atoms with Crippen molar-refractivity contribution in [2.75, 3.05) is 0 Å². The van der Waals surface area contributed by atoms with Crippen molar-refractivity contribution < 1.29 is 9.59 Å². The number of nitrogens with one attached hydrogen (secondary N) is 2. The molecule has 4 heteroatoms. The zero-order chi connectivity index (χ0) is 19.7. The number of hydrogen-bond acceptors (Lipinski definition) is 2. The van der Waals surface area contributed by atoms with Gasteiger partial charge in [-0.1, -0.05) is 79.1 Å². The molecule has 0 aliphatic carbocycles. The molecular weight excluding hydrogens is 324 g/mol. The molecule has 0 atom stereocenters.